The maximum absolute atomic E-state index is 6.40. The van der Waals surface area contributed by atoms with Crippen molar-refractivity contribution in [3.05, 3.63) is 29.5 Å². The van der Waals surface area contributed by atoms with Crippen LogP contribution in [0.3, 0.4) is 0 Å². The summed E-state index contributed by atoms with van der Waals surface area (Å²) in [5.74, 6) is 0.822. The largest absolute Gasteiger partial charge is 0.372 e. The second kappa shape index (κ2) is 4.61. The van der Waals surface area contributed by atoms with Gasteiger partial charge in [0.1, 0.15) is 16.5 Å². The van der Waals surface area contributed by atoms with Crippen LogP contribution in [0.15, 0.2) is 24.5 Å². The zero-order chi connectivity index (χ0) is 13.3. The summed E-state index contributed by atoms with van der Waals surface area (Å²) < 4.78 is 1.90. The molecule has 0 radical (unpaired) electrons. The molecule has 4 nitrogen and oxygen atoms in total. The zero-order valence-electron chi connectivity index (χ0n) is 11.0. The first kappa shape index (κ1) is 12.9. The van der Waals surface area contributed by atoms with Gasteiger partial charge in [-0.15, -0.1) is 0 Å². The highest BCUT2D eigenvalue weighted by Crippen LogP contribution is 2.35. The molecule has 1 N–H and O–H groups in total. The molecule has 96 valence electrons. The molecule has 0 fully saturated rings. The summed E-state index contributed by atoms with van der Waals surface area (Å²) in [6, 6.07) is 3.83. The van der Waals surface area contributed by atoms with Crippen LogP contribution >= 0.6 is 11.6 Å². The lowest BCUT2D eigenvalue weighted by atomic mass is 10.1. The summed E-state index contributed by atoms with van der Waals surface area (Å²) in [6.07, 6.45) is 3.50. The predicted octanol–water partition coefficient (Wildman–Crippen LogP) is 3.40. The Hall–Kier alpha value is -1.55. The van der Waals surface area contributed by atoms with Crippen LogP contribution in [0.2, 0.25) is 5.02 Å². The molecule has 0 aromatic carbocycles. The van der Waals surface area contributed by atoms with E-state index in [0.717, 1.165) is 17.1 Å². The van der Waals surface area contributed by atoms with Crippen LogP contribution in [0.25, 0.3) is 11.3 Å². The first-order valence-electron chi connectivity index (χ1n) is 5.82. The highest BCUT2D eigenvalue weighted by molar-refractivity contribution is 6.35. The predicted molar refractivity (Wildman–Crippen MR) is 75.0 cm³/mol. The average Bonchev–Trinajstić information content (AvgIpc) is 2.67. The highest BCUT2D eigenvalue weighted by atomic mass is 35.5. The summed E-state index contributed by atoms with van der Waals surface area (Å²) in [5.41, 5.74) is 1.54. The molecule has 0 saturated heterocycles. The normalized spacial score (nSPS) is 11.6. The summed E-state index contributed by atoms with van der Waals surface area (Å²) >= 11 is 6.40. The Morgan fingerprint density at radius 1 is 1.33 bits per heavy atom. The lowest BCUT2D eigenvalue weighted by molar-refractivity contribution is 0.361. The van der Waals surface area contributed by atoms with Gasteiger partial charge in [-0.05, 0) is 32.9 Å². The van der Waals surface area contributed by atoms with Gasteiger partial charge in [0.05, 0.1) is 5.54 Å². The van der Waals surface area contributed by atoms with Gasteiger partial charge in [0.15, 0.2) is 0 Å². The first-order valence-corrected chi connectivity index (χ1v) is 6.20. The third kappa shape index (κ3) is 2.20. The molecule has 0 amide bonds. The summed E-state index contributed by atoms with van der Waals surface area (Å²) in [6.45, 7) is 6.26. The van der Waals surface area contributed by atoms with Gasteiger partial charge in [-0.2, -0.15) is 5.10 Å². The van der Waals surface area contributed by atoms with E-state index in [1.807, 2.05) is 23.9 Å². The van der Waals surface area contributed by atoms with Crippen LogP contribution in [-0.2, 0) is 5.54 Å². The molecule has 0 spiro atoms. The molecule has 5 heteroatoms. The molecule has 0 aliphatic carbocycles. The molecular formula is C13H17ClN4. The van der Waals surface area contributed by atoms with Crippen molar-refractivity contribution in [1.29, 1.82) is 0 Å². The summed E-state index contributed by atoms with van der Waals surface area (Å²) in [5, 5.41) is 8.34. The number of halogens is 1. The maximum atomic E-state index is 6.40. The van der Waals surface area contributed by atoms with Crippen molar-refractivity contribution in [3.63, 3.8) is 0 Å². The molecular weight excluding hydrogens is 248 g/mol. The molecule has 0 aliphatic rings. The topological polar surface area (TPSA) is 42.7 Å². The molecule has 0 atom stereocenters. The van der Waals surface area contributed by atoms with E-state index < -0.39 is 0 Å². The first-order chi connectivity index (χ1) is 8.45. The minimum Gasteiger partial charge on any atom is -0.372 e. The van der Waals surface area contributed by atoms with Gasteiger partial charge in [0.25, 0.3) is 0 Å². The van der Waals surface area contributed by atoms with E-state index in [-0.39, 0.29) is 5.54 Å². The molecule has 0 unspecified atom stereocenters. The van der Waals surface area contributed by atoms with Gasteiger partial charge in [-0.1, -0.05) is 11.6 Å². The molecule has 2 aromatic heterocycles. The Bertz CT molecular complexity index is 540. The molecule has 2 heterocycles. The van der Waals surface area contributed by atoms with Crippen LogP contribution < -0.4 is 5.32 Å². The van der Waals surface area contributed by atoms with E-state index in [2.05, 4.69) is 36.2 Å². The summed E-state index contributed by atoms with van der Waals surface area (Å²) in [4.78, 5) is 4.10. The van der Waals surface area contributed by atoms with Crippen LogP contribution in [0.5, 0.6) is 0 Å². The van der Waals surface area contributed by atoms with Gasteiger partial charge in [0.2, 0.25) is 0 Å². The van der Waals surface area contributed by atoms with Crippen molar-refractivity contribution in [2.75, 3.05) is 12.4 Å². The third-order valence-electron chi connectivity index (χ3n) is 2.63. The van der Waals surface area contributed by atoms with E-state index in [1.165, 1.54) is 0 Å². The van der Waals surface area contributed by atoms with E-state index in [9.17, 15) is 0 Å². The standard InChI is InChI=1S/C13H17ClN4/c1-13(2,3)18-12(15-4)10(14)11(17-18)9-6-5-7-16-8-9/h5-8,15H,1-4H3. The van der Waals surface area contributed by atoms with Crippen molar-refractivity contribution < 1.29 is 0 Å². The smallest absolute Gasteiger partial charge is 0.144 e. The molecule has 2 rings (SSSR count). The lowest BCUT2D eigenvalue weighted by Crippen LogP contribution is -2.24. The Morgan fingerprint density at radius 3 is 2.50 bits per heavy atom. The number of hydrogen-bond acceptors (Lipinski definition) is 3. The number of nitrogens with zero attached hydrogens (tertiary/aromatic N) is 3. The van der Waals surface area contributed by atoms with Crippen LogP contribution in [0.4, 0.5) is 5.82 Å². The van der Waals surface area contributed by atoms with Crippen LogP contribution in [0, 0.1) is 0 Å². The van der Waals surface area contributed by atoms with Crippen molar-refractivity contribution in [1.82, 2.24) is 14.8 Å². The van der Waals surface area contributed by atoms with Crippen molar-refractivity contribution in [2.24, 2.45) is 0 Å². The van der Waals surface area contributed by atoms with E-state index in [1.54, 1.807) is 12.4 Å². The Balaban J connectivity index is 2.61. The van der Waals surface area contributed by atoms with Gasteiger partial charge in [-0.25, -0.2) is 4.68 Å². The Morgan fingerprint density at radius 2 is 2.06 bits per heavy atom. The molecule has 0 saturated carbocycles. The van der Waals surface area contributed by atoms with Gasteiger partial charge in [-0.3, -0.25) is 4.98 Å². The number of hydrogen-bond donors (Lipinski definition) is 1. The fourth-order valence-electron chi connectivity index (χ4n) is 1.79. The number of nitrogens with one attached hydrogen (secondary N) is 1. The van der Waals surface area contributed by atoms with Crippen molar-refractivity contribution in [3.8, 4) is 11.3 Å². The van der Waals surface area contributed by atoms with Crippen LogP contribution in [0.1, 0.15) is 20.8 Å². The zero-order valence-corrected chi connectivity index (χ0v) is 11.8. The maximum Gasteiger partial charge on any atom is 0.144 e. The van der Waals surface area contributed by atoms with Crippen molar-refractivity contribution >= 4 is 17.4 Å². The molecule has 0 aliphatic heterocycles. The Labute approximate surface area is 112 Å². The van der Waals surface area contributed by atoms with Gasteiger partial charge < -0.3 is 5.32 Å². The number of aromatic nitrogens is 3. The number of rotatable bonds is 2. The quantitative estimate of drug-likeness (QED) is 0.904. The summed E-state index contributed by atoms with van der Waals surface area (Å²) in [7, 11) is 1.85. The third-order valence-corrected chi connectivity index (χ3v) is 2.99. The van der Waals surface area contributed by atoms with E-state index in [4.69, 9.17) is 11.6 Å². The monoisotopic (exact) mass is 264 g/mol. The second-order valence-electron chi connectivity index (χ2n) is 5.09. The van der Waals surface area contributed by atoms with E-state index in [0.29, 0.717) is 5.02 Å². The lowest BCUT2D eigenvalue weighted by Gasteiger charge is -2.21. The van der Waals surface area contributed by atoms with E-state index >= 15 is 0 Å². The fraction of sp³-hybridized carbons (Fsp3) is 0.385. The highest BCUT2D eigenvalue weighted by Gasteiger charge is 2.24. The number of anilines is 1. The molecule has 18 heavy (non-hydrogen) atoms. The Kier molecular flexibility index (Phi) is 3.30. The van der Waals surface area contributed by atoms with Gasteiger partial charge >= 0.3 is 0 Å². The minimum absolute atomic E-state index is 0.136. The minimum atomic E-state index is -0.136. The molecule has 2 aromatic rings. The SMILES string of the molecule is CNc1c(Cl)c(-c2cccnc2)nn1C(C)(C)C. The van der Waals surface area contributed by atoms with Crippen LogP contribution in [-0.4, -0.2) is 21.8 Å². The van der Waals surface area contributed by atoms with Gasteiger partial charge in [0, 0.05) is 25.0 Å². The second-order valence-corrected chi connectivity index (χ2v) is 5.46. The average molecular weight is 265 g/mol. The number of pyridine rings is 1. The fourth-order valence-corrected chi connectivity index (χ4v) is 2.11. The molecule has 0 bridgehead atoms. The van der Waals surface area contributed by atoms with Crippen molar-refractivity contribution in [2.45, 2.75) is 26.3 Å².